The van der Waals surface area contributed by atoms with Gasteiger partial charge in [0.1, 0.15) is 0 Å². The molecule has 31 heavy (non-hydrogen) atoms. The molecule has 0 aromatic heterocycles. The Balaban J connectivity index is 2.22. The molecule has 0 radical (unpaired) electrons. The van der Waals surface area contributed by atoms with Crippen LogP contribution in [0.15, 0.2) is 24.3 Å². The summed E-state index contributed by atoms with van der Waals surface area (Å²) < 4.78 is 31.3. The summed E-state index contributed by atoms with van der Waals surface area (Å²) in [7, 11) is 8.75. The molecule has 1 N–H and O–H groups in total. The van der Waals surface area contributed by atoms with Crippen molar-refractivity contribution < 1.29 is 38.0 Å². The average Bonchev–Trinajstić information content (AvgIpc) is 2.80. The van der Waals surface area contributed by atoms with Gasteiger partial charge in [0.15, 0.2) is 23.0 Å². The van der Waals surface area contributed by atoms with Crippen molar-refractivity contribution in [2.45, 2.75) is 12.8 Å². The van der Waals surface area contributed by atoms with Crippen molar-refractivity contribution in [2.24, 2.45) is 0 Å². The summed E-state index contributed by atoms with van der Waals surface area (Å²) in [6, 6.07) is 6.54. The Labute approximate surface area is 181 Å². The Kier molecular flexibility index (Phi) is 8.36. The summed E-state index contributed by atoms with van der Waals surface area (Å²) >= 11 is 0. The van der Waals surface area contributed by atoms with E-state index >= 15 is 0 Å². The molecule has 0 aliphatic carbocycles. The lowest BCUT2D eigenvalue weighted by molar-refractivity contribution is -0.116. The molecule has 0 heterocycles. The number of esters is 1. The molecule has 0 spiro atoms. The van der Waals surface area contributed by atoms with E-state index in [0.717, 1.165) is 5.56 Å². The molecular formula is C22H27NO8. The predicted molar refractivity (Wildman–Crippen MR) is 114 cm³/mol. The van der Waals surface area contributed by atoms with E-state index in [2.05, 4.69) is 5.32 Å². The molecule has 0 atom stereocenters. The number of methoxy groups -OCH3 is 6. The molecule has 2 aromatic rings. The van der Waals surface area contributed by atoms with Gasteiger partial charge in [-0.3, -0.25) is 4.79 Å². The molecule has 0 fully saturated rings. The number of aryl methyl sites for hydroxylation is 1. The van der Waals surface area contributed by atoms with Gasteiger partial charge in [-0.1, -0.05) is 0 Å². The molecule has 9 heteroatoms. The lowest BCUT2D eigenvalue weighted by atomic mass is 10.1. The lowest BCUT2D eigenvalue weighted by Crippen LogP contribution is -2.16. The van der Waals surface area contributed by atoms with E-state index in [9.17, 15) is 9.59 Å². The van der Waals surface area contributed by atoms with Gasteiger partial charge in [-0.05, 0) is 24.1 Å². The normalized spacial score (nSPS) is 10.1. The van der Waals surface area contributed by atoms with Crippen molar-refractivity contribution in [3.05, 3.63) is 35.4 Å². The first-order valence-electron chi connectivity index (χ1n) is 9.35. The van der Waals surface area contributed by atoms with Crippen LogP contribution >= 0.6 is 0 Å². The van der Waals surface area contributed by atoms with Crippen molar-refractivity contribution in [2.75, 3.05) is 48.0 Å². The van der Waals surface area contributed by atoms with Crippen molar-refractivity contribution >= 4 is 17.6 Å². The van der Waals surface area contributed by atoms with E-state index in [1.165, 1.54) is 54.8 Å². The highest BCUT2D eigenvalue weighted by Gasteiger charge is 2.19. The number of carbonyl (C=O) groups excluding carboxylic acids is 2. The molecule has 1 amide bonds. The quantitative estimate of drug-likeness (QED) is 0.571. The van der Waals surface area contributed by atoms with Crippen LogP contribution in [0.1, 0.15) is 22.3 Å². The molecule has 0 bridgehead atoms. The second-order valence-corrected chi connectivity index (χ2v) is 6.33. The number of nitrogens with one attached hydrogen (secondary N) is 1. The van der Waals surface area contributed by atoms with E-state index in [1.807, 2.05) is 0 Å². The highest BCUT2D eigenvalue weighted by molar-refractivity contribution is 6.02. The van der Waals surface area contributed by atoms with Crippen LogP contribution < -0.4 is 29.0 Å². The van der Waals surface area contributed by atoms with Gasteiger partial charge >= 0.3 is 5.97 Å². The van der Waals surface area contributed by atoms with E-state index in [-0.39, 0.29) is 23.6 Å². The second-order valence-electron chi connectivity index (χ2n) is 6.33. The van der Waals surface area contributed by atoms with Gasteiger partial charge in [-0.25, -0.2) is 4.79 Å². The first-order chi connectivity index (χ1) is 14.9. The number of rotatable bonds is 10. The summed E-state index contributed by atoms with van der Waals surface area (Å²) in [5, 5.41) is 2.74. The fraction of sp³-hybridized carbons (Fsp3) is 0.364. The lowest BCUT2D eigenvalue weighted by Gasteiger charge is -2.15. The SMILES string of the molecule is COC(=O)c1cc(OC)c(OC)cc1NC(=O)CCc1cc(OC)c(OC)c(OC)c1. The van der Waals surface area contributed by atoms with Gasteiger partial charge < -0.3 is 33.7 Å². The van der Waals surface area contributed by atoms with Crippen molar-refractivity contribution in [3.8, 4) is 28.7 Å². The molecule has 2 aromatic carbocycles. The Hall–Kier alpha value is -3.62. The molecule has 9 nitrogen and oxygen atoms in total. The van der Waals surface area contributed by atoms with Gasteiger partial charge in [0.25, 0.3) is 0 Å². The van der Waals surface area contributed by atoms with Crippen LogP contribution in [-0.4, -0.2) is 54.5 Å². The van der Waals surface area contributed by atoms with Crippen LogP contribution in [0.2, 0.25) is 0 Å². The number of hydrogen-bond donors (Lipinski definition) is 1. The van der Waals surface area contributed by atoms with Crippen molar-refractivity contribution in [3.63, 3.8) is 0 Å². The Morgan fingerprint density at radius 1 is 0.742 bits per heavy atom. The number of hydrogen-bond acceptors (Lipinski definition) is 8. The zero-order valence-electron chi connectivity index (χ0n) is 18.5. The van der Waals surface area contributed by atoms with E-state index in [4.69, 9.17) is 28.4 Å². The van der Waals surface area contributed by atoms with Crippen LogP contribution in [0.4, 0.5) is 5.69 Å². The third-order valence-electron chi connectivity index (χ3n) is 4.57. The van der Waals surface area contributed by atoms with Crippen LogP contribution in [0.25, 0.3) is 0 Å². The van der Waals surface area contributed by atoms with Gasteiger partial charge in [0.05, 0.1) is 53.9 Å². The summed E-state index contributed by atoms with van der Waals surface area (Å²) in [5.41, 5.74) is 1.24. The zero-order valence-corrected chi connectivity index (χ0v) is 18.5. The van der Waals surface area contributed by atoms with Crippen molar-refractivity contribution in [1.82, 2.24) is 0 Å². The van der Waals surface area contributed by atoms with Crippen LogP contribution in [0.3, 0.4) is 0 Å². The maximum atomic E-state index is 12.6. The number of carbonyl (C=O) groups is 2. The largest absolute Gasteiger partial charge is 0.493 e. The topological polar surface area (TPSA) is 102 Å². The van der Waals surface area contributed by atoms with Gasteiger partial charge in [0, 0.05) is 18.6 Å². The number of ether oxygens (including phenoxy) is 6. The third-order valence-corrected chi connectivity index (χ3v) is 4.57. The second kappa shape index (κ2) is 11.0. The fourth-order valence-electron chi connectivity index (χ4n) is 3.01. The number of benzene rings is 2. The number of anilines is 1. The Morgan fingerprint density at radius 2 is 1.29 bits per heavy atom. The molecule has 0 aliphatic rings. The fourth-order valence-corrected chi connectivity index (χ4v) is 3.01. The van der Waals surface area contributed by atoms with Crippen LogP contribution in [0, 0.1) is 0 Å². The minimum absolute atomic E-state index is 0.146. The highest BCUT2D eigenvalue weighted by atomic mass is 16.5. The smallest absolute Gasteiger partial charge is 0.340 e. The van der Waals surface area contributed by atoms with E-state index in [0.29, 0.717) is 35.2 Å². The minimum Gasteiger partial charge on any atom is -0.493 e. The molecule has 0 saturated heterocycles. The summed E-state index contributed by atoms with van der Waals surface area (Å²) in [4.78, 5) is 24.8. The van der Waals surface area contributed by atoms with Crippen molar-refractivity contribution in [1.29, 1.82) is 0 Å². The predicted octanol–water partition coefficient (Wildman–Crippen LogP) is 3.09. The Morgan fingerprint density at radius 3 is 1.77 bits per heavy atom. The maximum Gasteiger partial charge on any atom is 0.340 e. The number of amides is 1. The molecule has 0 saturated carbocycles. The monoisotopic (exact) mass is 433 g/mol. The van der Waals surface area contributed by atoms with Gasteiger partial charge in [-0.2, -0.15) is 0 Å². The van der Waals surface area contributed by atoms with Gasteiger partial charge in [-0.15, -0.1) is 0 Å². The standard InChI is InChI=1S/C22H27NO8/c1-26-16-11-14(22(25)31-6)15(12-17(16)27-2)23-20(24)8-7-13-9-18(28-3)21(30-5)19(10-13)29-4/h9-12H,7-8H2,1-6H3,(H,23,24). The average molecular weight is 433 g/mol. The maximum absolute atomic E-state index is 12.6. The first kappa shape index (κ1) is 23.7. The van der Waals surface area contributed by atoms with Crippen LogP contribution in [-0.2, 0) is 16.0 Å². The minimum atomic E-state index is -0.610. The molecule has 168 valence electrons. The van der Waals surface area contributed by atoms with E-state index in [1.54, 1.807) is 12.1 Å². The zero-order chi connectivity index (χ0) is 23.0. The van der Waals surface area contributed by atoms with Gasteiger partial charge in [0.2, 0.25) is 11.7 Å². The first-order valence-corrected chi connectivity index (χ1v) is 9.35. The highest BCUT2D eigenvalue weighted by Crippen LogP contribution is 2.38. The molecule has 0 unspecified atom stereocenters. The third kappa shape index (κ3) is 5.50. The van der Waals surface area contributed by atoms with Crippen LogP contribution in [0.5, 0.6) is 28.7 Å². The summed E-state index contributed by atoms with van der Waals surface area (Å²) in [5.74, 6) is 1.29. The molecular weight excluding hydrogens is 406 g/mol. The van der Waals surface area contributed by atoms with E-state index < -0.39 is 5.97 Å². The molecule has 2 rings (SSSR count). The molecule has 0 aliphatic heterocycles. The Bertz CT molecular complexity index is 916. The summed E-state index contributed by atoms with van der Waals surface area (Å²) in [6.45, 7) is 0. The summed E-state index contributed by atoms with van der Waals surface area (Å²) in [6.07, 6.45) is 0.553.